The highest BCUT2D eigenvalue weighted by Crippen LogP contribution is 2.29. The fourth-order valence-corrected chi connectivity index (χ4v) is 4.40. The number of furan rings is 1. The molecule has 1 N–H and O–H groups in total. The molecular formula is C23H20F2N4O2S2. The Morgan fingerprint density at radius 2 is 1.85 bits per heavy atom. The molecule has 0 aliphatic heterocycles. The van der Waals surface area contributed by atoms with E-state index in [1.807, 2.05) is 47.9 Å². The number of halogens is 2. The average Bonchev–Trinajstić information content (AvgIpc) is 3.39. The highest BCUT2D eigenvalue weighted by atomic mass is 32.2. The number of benzene rings is 2. The lowest BCUT2D eigenvalue weighted by Crippen LogP contribution is -2.14. The maximum absolute atomic E-state index is 12.5. The number of alkyl halides is 2. The molecule has 4 rings (SSSR count). The smallest absolute Gasteiger partial charge is 0.288 e. The van der Waals surface area contributed by atoms with Crippen LogP contribution in [0, 0.1) is 6.92 Å². The van der Waals surface area contributed by atoms with Gasteiger partial charge in [0.05, 0.1) is 24.1 Å². The van der Waals surface area contributed by atoms with Crippen molar-refractivity contribution in [3.05, 3.63) is 78.3 Å². The second-order valence-electron chi connectivity index (χ2n) is 7.01. The summed E-state index contributed by atoms with van der Waals surface area (Å²) in [5, 5.41) is 12.0. The maximum Gasteiger partial charge on any atom is 0.288 e. The number of aryl methyl sites for hydroxylation is 1. The number of hydrogen-bond donors (Lipinski definition) is 1. The molecule has 170 valence electrons. The second kappa shape index (κ2) is 10.7. The van der Waals surface area contributed by atoms with E-state index in [1.165, 1.54) is 11.8 Å². The zero-order chi connectivity index (χ0) is 23.2. The third-order valence-electron chi connectivity index (χ3n) is 4.70. The van der Waals surface area contributed by atoms with E-state index in [2.05, 4.69) is 15.5 Å². The Kier molecular flexibility index (Phi) is 7.46. The largest absolute Gasteiger partial charge is 0.469 e. The topological polar surface area (TPSA) is 72.9 Å². The van der Waals surface area contributed by atoms with Crippen molar-refractivity contribution >= 4 is 35.1 Å². The number of carbonyl (C=O) groups excluding carboxylic acids is 1. The average molecular weight is 487 g/mol. The minimum absolute atomic E-state index is 0.116. The zero-order valence-electron chi connectivity index (χ0n) is 17.6. The minimum atomic E-state index is -2.48. The van der Waals surface area contributed by atoms with Crippen LogP contribution in [0.5, 0.6) is 0 Å². The first kappa shape index (κ1) is 23.1. The lowest BCUT2D eigenvalue weighted by molar-refractivity contribution is -0.113. The standard InChI is InChI=1S/C23H20F2N4O2S2/c1-15-19(11-12-31-15)21-27-28-23(29(21)13-16-5-3-2-4-6-16)32-14-20(30)26-17-7-9-18(10-8-17)33-22(24)25/h2-12,22H,13-14H2,1H3,(H,26,30). The van der Waals surface area contributed by atoms with E-state index in [9.17, 15) is 13.6 Å². The molecule has 33 heavy (non-hydrogen) atoms. The van der Waals surface area contributed by atoms with Gasteiger partial charge in [0.25, 0.3) is 5.76 Å². The predicted octanol–water partition coefficient (Wildman–Crippen LogP) is 5.94. The van der Waals surface area contributed by atoms with E-state index in [0.717, 1.165) is 16.9 Å². The summed E-state index contributed by atoms with van der Waals surface area (Å²) in [5.41, 5.74) is 2.46. The number of rotatable bonds is 9. The molecule has 10 heteroatoms. The molecule has 0 bridgehead atoms. The van der Waals surface area contributed by atoms with Gasteiger partial charge in [-0.3, -0.25) is 9.36 Å². The predicted molar refractivity (Wildman–Crippen MR) is 126 cm³/mol. The quantitative estimate of drug-likeness (QED) is 0.295. The van der Waals surface area contributed by atoms with Crippen molar-refractivity contribution in [2.75, 3.05) is 11.1 Å². The van der Waals surface area contributed by atoms with Crippen LogP contribution < -0.4 is 5.32 Å². The zero-order valence-corrected chi connectivity index (χ0v) is 19.2. The number of aromatic nitrogens is 3. The Morgan fingerprint density at radius 1 is 1.09 bits per heavy atom. The number of hydrogen-bond acceptors (Lipinski definition) is 6. The molecule has 0 unspecified atom stereocenters. The summed E-state index contributed by atoms with van der Waals surface area (Å²) in [6.07, 6.45) is 1.61. The molecule has 0 aliphatic carbocycles. The van der Waals surface area contributed by atoms with Crippen molar-refractivity contribution < 1.29 is 18.0 Å². The molecule has 0 radical (unpaired) electrons. The highest BCUT2D eigenvalue weighted by Gasteiger charge is 2.19. The van der Waals surface area contributed by atoms with Crippen LogP contribution in [-0.2, 0) is 11.3 Å². The van der Waals surface area contributed by atoms with Crippen molar-refractivity contribution in [1.29, 1.82) is 0 Å². The number of carbonyl (C=O) groups is 1. The SMILES string of the molecule is Cc1occc1-c1nnc(SCC(=O)Nc2ccc(SC(F)F)cc2)n1Cc1ccccc1. The van der Waals surface area contributed by atoms with E-state index < -0.39 is 5.76 Å². The monoisotopic (exact) mass is 486 g/mol. The van der Waals surface area contributed by atoms with Gasteiger partial charge in [-0.2, -0.15) is 8.78 Å². The highest BCUT2D eigenvalue weighted by molar-refractivity contribution is 8.00. The minimum Gasteiger partial charge on any atom is -0.469 e. The van der Waals surface area contributed by atoms with Crippen molar-refractivity contribution in [3.8, 4) is 11.4 Å². The Balaban J connectivity index is 1.46. The summed E-state index contributed by atoms with van der Waals surface area (Å²) in [6, 6.07) is 18.1. The first-order valence-corrected chi connectivity index (χ1v) is 11.9. The number of thioether (sulfide) groups is 2. The van der Waals surface area contributed by atoms with Gasteiger partial charge in [0.15, 0.2) is 11.0 Å². The van der Waals surface area contributed by atoms with Crippen LogP contribution in [0.4, 0.5) is 14.5 Å². The van der Waals surface area contributed by atoms with Crippen molar-refractivity contribution in [2.24, 2.45) is 0 Å². The maximum atomic E-state index is 12.5. The third kappa shape index (κ3) is 6.02. The summed E-state index contributed by atoms with van der Waals surface area (Å²) in [4.78, 5) is 12.9. The summed E-state index contributed by atoms with van der Waals surface area (Å²) in [6.45, 7) is 2.41. The van der Waals surface area contributed by atoms with Crippen molar-refractivity contribution in [3.63, 3.8) is 0 Å². The molecule has 0 spiro atoms. The third-order valence-corrected chi connectivity index (χ3v) is 6.38. The van der Waals surface area contributed by atoms with Crippen LogP contribution in [0.15, 0.2) is 81.4 Å². The Hall–Kier alpha value is -3.11. The Labute approximate surface area is 197 Å². The number of nitrogens with one attached hydrogen (secondary N) is 1. The van der Waals surface area contributed by atoms with Gasteiger partial charge in [0.2, 0.25) is 5.91 Å². The first-order valence-electron chi connectivity index (χ1n) is 9.98. The van der Waals surface area contributed by atoms with Crippen molar-refractivity contribution in [1.82, 2.24) is 14.8 Å². The molecular weight excluding hydrogens is 466 g/mol. The number of amides is 1. The molecule has 2 aromatic carbocycles. The van der Waals surface area contributed by atoms with Crippen LogP contribution in [-0.4, -0.2) is 32.2 Å². The molecule has 6 nitrogen and oxygen atoms in total. The van der Waals surface area contributed by atoms with Gasteiger partial charge in [-0.15, -0.1) is 10.2 Å². The molecule has 0 fully saturated rings. The van der Waals surface area contributed by atoms with Crippen LogP contribution in [0.1, 0.15) is 11.3 Å². The molecule has 4 aromatic rings. The Morgan fingerprint density at radius 3 is 2.52 bits per heavy atom. The number of nitrogens with zero attached hydrogens (tertiary/aromatic N) is 3. The molecule has 2 aromatic heterocycles. The summed E-state index contributed by atoms with van der Waals surface area (Å²) < 4.78 is 32.3. The normalized spacial score (nSPS) is 11.2. The molecule has 0 aliphatic rings. The fourth-order valence-electron chi connectivity index (χ4n) is 3.17. The molecule has 0 saturated carbocycles. The molecule has 2 heterocycles. The van der Waals surface area contributed by atoms with E-state index in [0.29, 0.717) is 39.9 Å². The molecule has 0 atom stereocenters. The molecule has 0 saturated heterocycles. The lowest BCUT2D eigenvalue weighted by Gasteiger charge is -2.10. The molecule has 1 amide bonds. The summed E-state index contributed by atoms with van der Waals surface area (Å²) >= 11 is 1.74. The first-order chi connectivity index (χ1) is 16.0. The van der Waals surface area contributed by atoms with Gasteiger partial charge in [-0.25, -0.2) is 0 Å². The van der Waals surface area contributed by atoms with Gasteiger partial charge >= 0.3 is 0 Å². The number of anilines is 1. The Bertz CT molecular complexity index is 1210. The fraction of sp³-hybridized carbons (Fsp3) is 0.174. The van der Waals surface area contributed by atoms with Gasteiger partial charge in [-0.1, -0.05) is 53.9 Å². The summed E-state index contributed by atoms with van der Waals surface area (Å²) in [5.74, 6) is -1.19. The van der Waals surface area contributed by atoms with E-state index in [4.69, 9.17) is 4.42 Å². The van der Waals surface area contributed by atoms with Crippen LogP contribution in [0.3, 0.4) is 0 Å². The van der Waals surface area contributed by atoms with Gasteiger partial charge in [0.1, 0.15) is 5.76 Å². The summed E-state index contributed by atoms with van der Waals surface area (Å²) in [7, 11) is 0. The second-order valence-corrected chi connectivity index (χ2v) is 9.01. The van der Waals surface area contributed by atoms with E-state index in [1.54, 1.807) is 30.5 Å². The van der Waals surface area contributed by atoms with Crippen molar-refractivity contribution in [2.45, 2.75) is 29.3 Å². The van der Waals surface area contributed by atoms with Gasteiger partial charge in [-0.05, 0) is 42.8 Å². The van der Waals surface area contributed by atoms with Gasteiger partial charge < -0.3 is 9.73 Å². The lowest BCUT2D eigenvalue weighted by atomic mass is 10.2. The van der Waals surface area contributed by atoms with Gasteiger partial charge in [0, 0.05) is 10.6 Å². The van der Waals surface area contributed by atoms with E-state index >= 15 is 0 Å². The van der Waals surface area contributed by atoms with Crippen LogP contribution in [0.25, 0.3) is 11.4 Å². The van der Waals surface area contributed by atoms with Crippen LogP contribution >= 0.6 is 23.5 Å². The van der Waals surface area contributed by atoms with E-state index in [-0.39, 0.29) is 11.7 Å². The van der Waals surface area contributed by atoms with Crippen LogP contribution in [0.2, 0.25) is 0 Å².